The van der Waals surface area contributed by atoms with Crippen LogP contribution in [0, 0.1) is 5.13 Å². The van der Waals surface area contributed by atoms with E-state index in [1.165, 1.54) is 12.3 Å². The summed E-state index contributed by atoms with van der Waals surface area (Å²) in [7, 11) is 0. The second kappa shape index (κ2) is 7.37. The summed E-state index contributed by atoms with van der Waals surface area (Å²) in [4.78, 5) is 12.6. The monoisotopic (exact) mass is 362 g/mol. The molecule has 0 bridgehead atoms. The minimum Gasteiger partial charge on any atom is -0.267 e. The predicted octanol–water partition coefficient (Wildman–Crippen LogP) is 3.55. The van der Waals surface area contributed by atoms with E-state index in [-0.39, 0.29) is 11.0 Å². The van der Waals surface area contributed by atoms with Crippen molar-refractivity contribution in [2.24, 2.45) is 5.10 Å². The third-order valence-corrected chi connectivity index (χ3v) is 4.12. The Kier molecular flexibility index (Phi) is 5.02. The Morgan fingerprint density at radius 3 is 2.75 bits per heavy atom. The van der Waals surface area contributed by atoms with Gasteiger partial charge in [0.2, 0.25) is 0 Å². The number of benzene rings is 1. The van der Waals surface area contributed by atoms with Gasteiger partial charge in [-0.1, -0.05) is 23.7 Å². The number of hydrazone groups is 1. The summed E-state index contributed by atoms with van der Waals surface area (Å²) in [5.74, 6) is -0.336. The first-order valence-electron chi connectivity index (χ1n) is 6.96. The van der Waals surface area contributed by atoms with Crippen LogP contribution in [0.25, 0.3) is 0 Å². The van der Waals surface area contributed by atoms with E-state index < -0.39 is 0 Å². The fourth-order valence-electron chi connectivity index (χ4n) is 1.99. The van der Waals surface area contributed by atoms with Gasteiger partial charge in [-0.3, -0.25) is 9.48 Å². The van der Waals surface area contributed by atoms with Crippen LogP contribution in [-0.2, 0) is 6.54 Å². The highest BCUT2D eigenvalue weighted by Crippen LogP contribution is 2.12. The van der Waals surface area contributed by atoms with Gasteiger partial charge in [0.25, 0.3) is 5.91 Å². The lowest BCUT2D eigenvalue weighted by Gasteiger charge is -2.04. The molecule has 0 radical (unpaired) electrons. The van der Waals surface area contributed by atoms with Crippen LogP contribution in [0.2, 0.25) is 5.02 Å². The van der Waals surface area contributed by atoms with Crippen LogP contribution in [0.3, 0.4) is 0 Å². The van der Waals surface area contributed by atoms with E-state index in [1.54, 1.807) is 35.3 Å². The van der Waals surface area contributed by atoms with E-state index in [0.717, 1.165) is 16.9 Å². The molecule has 0 saturated carbocycles. The van der Waals surface area contributed by atoms with Gasteiger partial charge in [-0.25, -0.2) is 5.43 Å². The molecule has 0 atom stereocenters. The first kappa shape index (κ1) is 16.4. The molecule has 0 saturated heterocycles. The summed E-state index contributed by atoms with van der Waals surface area (Å²) in [6, 6.07) is 10.0. The van der Waals surface area contributed by atoms with Gasteiger partial charge >= 0.3 is 0 Å². The quantitative estimate of drug-likeness (QED) is 0.557. The van der Waals surface area contributed by atoms with Gasteiger partial charge in [-0.15, -0.1) is 11.3 Å². The summed E-state index contributed by atoms with van der Waals surface area (Å²) < 4.78 is 14.5. The largest absolute Gasteiger partial charge is 0.271 e. The van der Waals surface area contributed by atoms with Crippen molar-refractivity contribution in [1.29, 1.82) is 0 Å². The van der Waals surface area contributed by atoms with Crippen LogP contribution >= 0.6 is 22.9 Å². The fraction of sp³-hybridized carbons (Fsp3) is 0.0625. The van der Waals surface area contributed by atoms with Crippen molar-refractivity contribution >= 4 is 35.1 Å². The minimum atomic E-state index is -0.336. The third-order valence-electron chi connectivity index (χ3n) is 3.11. The van der Waals surface area contributed by atoms with Gasteiger partial charge in [0, 0.05) is 11.8 Å². The molecule has 0 unspecified atom stereocenters. The van der Waals surface area contributed by atoms with Gasteiger partial charge < -0.3 is 0 Å². The van der Waals surface area contributed by atoms with Crippen molar-refractivity contribution < 1.29 is 9.18 Å². The molecule has 2 heterocycles. The number of carbonyl (C=O) groups is 1. The molecule has 122 valence electrons. The zero-order valence-corrected chi connectivity index (χ0v) is 13.9. The van der Waals surface area contributed by atoms with Crippen molar-refractivity contribution in [3.8, 4) is 0 Å². The maximum absolute atomic E-state index is 12.8. The second-order valence-corrected chi connectivity index (χ2v) is 6.40. The van der Waals surface area contributed by atoms with E-state index in [0.29, 0.717) is 22.0 Å². The topological polar surface area (TPSA) is 59.3 Å². The lowest BCUT2D eigenvalue weighted by atomic mass is 10.1. The number of nitrogens with one attached hydrogen (secondary N) is 1. The molecule has 3 rings (SSSR count). The fourth-order valence-corrected chi connectivity index (χ4v) is 2.75. The molecule has 1 N–H and O–H groups in total. The highest BCUT2D eigenvalue weighted by molar-refractivity contribution is 7.12. The number of rotatable bonds is 5. The standard InChI is InChI=1S/C16H12ClFN4OS/c17-13-7-20-22(10-13)9-11-1-3-12(4-2-11)16(23)21-19-8-14-5-6-15(18)24-14/h1-8,10H,9H2,(H,21,23). The normalized spacial score (nSPS) is 11.1. The minimum absolute atomic E-state index is 0.295. The lowest BCUT2D eigenvalue weighted by Crippen LogP contribution is -2.17. The smallest absolute Gasteiger partial charge is 0.267 e. The Hall–Kier alpha value is -2.51. The number of thiophene rings is 1. The lowest BCUT2D eigenvalue weighted by molar-refractivity contribution is 0.0955. The highest BCUT2D eigenvalue weighted by Gasteiger charge is 2.05. The van der Waals surface area contributed by atoms with Gasteiger partial charge in [0.15, 0.2) is 5.13 Å². The maximum atomic E-state index is 12.8. The zero-order valence-electron chi connectivity index (χ0n) is 12.3. The molecule has 3 aromatic rings. The average molecular weight is 363 g/mol. The van der Waals surface area contributed by atoms with Gasteiger partial charge in [-0.2, -0.15) is 14.6 Å². The SMILES string of the molecule is O=C(NN=Cc1ccc(F)s1)c1ccc(Cn2cc(Cl)cn2)cc1. The van der Waals surface area contributed by atoms with E-state index in [2.05, 4.69) is 15.6 Å². The maximum Gasteiger partial charge on any atom is 0.271 e. The summed E-state index contributed by atoms with van der Waals surface area (Å²) in [6.45, 7) is 0.566. The molecular formula is C16H12ClFN4OS. The molecule has 8 heteroatoms. The first-order valence-corrected chi connectivity index (χ1v) is 8.15. The van der Waals surface area contributed by atoms with Crippen molar-refractivity contribution in [3.63, 3.8) is 0 Å². The Bertz CT molecular complexity index is 872. The van der Waals surface area contributed by atoms with Gasteiger partial charge in [-0.05, 0) is 29.8 Å². The van der Waals surface area contributed by atoms with Crippen LogP contribution in [0.5, 0.6) is 0 Å². The molecule has 5 nitrogen and oxygen atoms in total. The summed E-state index contributed by atoms with van der Waals surface area (Å²) in [5.41, 5.74) is 3.88. The Morgan fingerprint density at radius 2 is 2.12 bits per heavy atom. The van der Waals surface area contributed by atoms with E-state index >= 15 is 0 Å². The van der Waals surface area contributed by atoms with Crippen LogP contribution in [0.1, 0.15) is 20.8 Å². The van der Waals surface area contributed by atoms with Crippen LogP contribution in [0.4, 0.5) is 4.39 Å². The van der Waals surface area contributed by atoms with Crippen molar-refractivity contribution in [2.75, 3.05) is 0 Å². The predicted molar refractivity (Wildman–Crippen MR) is 92.1 cm³/mol. The van der Waals surface area contributed by atoms with E-state index in [4.69, 9.17) is 11.6 Å². The average Bonchev–Trinajstić information content (AvgIpc) is 3.16. The number of amides is 1. The Balaban J connectivity index is 1.58. The molecule has 24 heavy (non-hydrogen) atoms. The summed E-state index contributed by atoms with van der Waals surface area (Å²) >= 11 is 6.77. The van der Waals surface area contributed by atoms with Crippen LogP contribution in [0.15, 0.2) is 53.9 Å². The summed E-state index contributed by atoms with van der Waals surface area (Å²) in [5, 5.41) is 8.20. The molecule has 0 aliphatic rings. The highest BCUT2D eigenvalue weighted by atomic mass is 35.5. The number of aromatic nitrogens is 2. The number of carbonyl (C=O) groups excluding carboxylic acids is 1. The molecule has 1 aromatic carbocycles. The molecule has 1 amide bonds. The van der Waals surface area contributed by atoms with E-state index in [9.17, 15) is 9.18 Å². The Labute approximate surface area is 146 Å². The van der Waals surface area contributed by atoms with Crippen LogP contribution in [-0.4, -0.2) is 21.9 Å². The molecule has 0 aliphatic heterocycles. The molecule has 0 aliphatic carbocycles. The molecule has 0 fully saturated rings. The van der Waals surface area contributed by atoms with Crippen molar-refractivity contribution in [1.82, 2.24) is 15.2 Å². The van der Waals surface area contributed by atoms with Gasteiger partial charge in [0.1, 0.15) is 0 Å². The molecule has 2 aromatic heterocycles. The number of hydrogen-bond acceptors (Lipinski definition) is 4. The third kappa shape index (κ3) is 4.27. The number of hydrogen-bond donors (Lipinski definition) is 1. The number of nitrogens with zero attached hydrogens (tertiary/aromatic N) is 3. The first-order chi connectivity index (χ1) is 11.6. The second-order valence-electron chi connectivity index (χ2n) is 4.89. The van der Waals surface area contributed by atoms with Crippen LogP contribution < -0.4 is 5.43 Å². The van der Waals surface area contributed by atoms with Crippen molar-refractivity contribution in [3.05, 3.63) is 74.9 Å². The van der Waals surface area contributed by atoms with Gasteiger partial charge in [0.05, 0.1) is 28.9 Å². The van der Waals surface area contributed by atoms with E-state index in [1.807, 2.05) is 12.1 Å². The Morgan fingerprint density at radius 1 is 1.33 bits per heavy atom. The molecular weight excluding hydrogens is 351 g/mol. The number of halogens is 2. The summed E-state index contributed by atoms with van der Waals surface area (Å²) in [6.07, 6.45) is 4.70. The zero-order chi connectivity index (χ0) is 16.9. The molecule has 0 spiro atoms. The van der Waals surface area contributed by atoms with Crippen molar-refractivity contribution in [2.45, 2.75) is 6.54 Å².